The van der Waals surface area contributed by atoms with E-state index in [0.717, 1.165) is 11.1 Å². The number of carbonyl (C=O) groups is 3. The summed E-state index contributed by atoms with van der Waals surface area (Å²) in [6.45, 7) is 1.23. The number of carboxylic acids is 1. The molecule has 41 heavy (non-hydrogen) atoms. The van der Waals surface area contributed by atoms with E-state index in [0.29, 0.717) is 19.7 Å². The molecule has 0 aromatic heterocycles. The Morgan fingerprint density at radius 3 is 2.46 bits per heavy atom. The van der Waals surface area contributed by atoms with E-state index in [-0.39, 0.29) is 36.3 Å². The Bertz CT molecular complexity index is 1350. The van der Waals surface area contributed by atoms with Gasteiger partial charge in [0.2, 0.25) is 21.8 Å². The number of nitrogens with one attached hydrogen (secondary N) is 3. The molecule has 2 aromatic carbocycles. The van der Waals surface area contributed by atoms with E-state index in [4.69, 9.17) is 15.7 Å². The van der Waals surface area contributed by atoms with Crippen LogP contribution < -0.4 is 21.2 Å². The molecule has 2 aromatic rings. The quantitative estimate of drug-likeness (QED) is 0.0926. The number of sulfonamides is 1. The second-order valence-electron chi connectivity index (χ2n) is 9.93. The van der Waals surface area contributed by atoms with Gasteiger partial charge in [0.15, 0.2) is 0 Å². The van der Waals surface area contributed by atoms with Crippen LogP contribution in [0, 0.1) is 11.8 Å². The van der Waals surface area contributed by atoms with Gasteiger partial charge in [-0.3, -0.25) is 14.4 Å². The van der Waals surface area contributed by atoms with Gasteiger partial charge in [-0.05, 0) is 35.6 Å². The van der Waals surface area contributed by atoms with Gasteiger partial charge in [0.25, 0.3) is 0 Å². The van der Waals surface area contributed by atoms with Gasteiger partial charge in [-0.1, -0.05) is 42.5 Å². The Balaban J connectivity index is 1.40. The first-order valence-corrected chi connectivity index (χ1v) is 14.7. The number of nitrogens with two attached hydrogens (primary N) is 1. The van der Waals surface area contributed by atoms with Crippen molar-refractivity contribution < 1.29 is 32.6 Å². The third kappa shape index (κ3) is 8.25. The van der Waals surface area contributed by atoms with Gasteiger partial charge in [0, 0.05) is 32.1 Å². The highest BCUT2D eigenvalue weighted by atomic mass is 32.2. The molecule has 1 saturated heterocycles. The van der Waals surface area contributed by atoms with E-state index in [1.165, 1.54) is 18.5 Å². The van der Waals surface area contributed by atoms with E-state index in [1.54, 1.807) is 12.1 Å². The number of carboxylic acid groups (broad SMARTS) is 1. The van der Waals surface area contributed by atoms with Gasteiger partial charge < -0.3 is 31.2 Å². The molecule has 0 spiro atoms. The summed E-state index contributed by atoms with van der Waals surface area (Å²) < 4.78 is 34.8. The minimum absolute atomic E-state index is 0.0507. The first-order chi connectivity index (χ1) is 19.7. The third-order valence-electron chi connectivity index (χ3n) is 7.08. The number of ether oxygens (including phenoxy) is 1. The number of rotatable bonds is 13. The number of amides is 2. The average molecular weight is 587 g/mol. The predicted molar refractivity (Wildman–Crippen MR) is 150 cm³/mol. The van der Waals surface area contributed by atoms with Crippen molar-refractivity contribution in [2.45, 2.75) is 29.9 Å². The van der Waals surface area contributed by atoms with E-state index in [9.17, 15) is 22.8 Å². The highest BCUT2D eigenvalue weighted by Gasteiger charge is 2.56. The highest BCUT2D eigenvalue weighted by molar-refractivity contribution is 7.89. The fourth-order valence-electron chi connectivity index (χ4n) is 4.91. The smallest absolute Gasteiger partial charge is 0.322 e. The Morgan fingerprint density at radius 2 is 1.78 bits per heavy atom. The van der Waals surface area contributed by atoms with Crippen LogP contribution >= 0.6 is 0 Å². The molecule has 2 aliphatic rings. The average Bonchev–Trinajstić information content (AvgIpc) is 3.65. The molecule has 4 atom stereocenters. The Labute approximate surface area is 238 Å². The summed E-state index contributed by atoms with van der Waals surface area (Å²) in [5.74, 6) is 2.04. The lowest BCUT2D eigenvalue weighted by Gasteiger charge is -2.31. The van der Waals surface area contributed by atoms with Gasteiger partial charge in [-0.25, -0.2) is 13.1 Å². The zero-order chi connectivity index (χ0) is 29.4. The van der Waals surface area contributed by atoms with Gasteiger partial charge in [-0.15, -0.1) is 0 Å². The van der Waals surface area contributed by atoms with Crippen molar-refractivity contribution in [3.8, 4) is 11.1 Å². The van der Waals surface area contributed by atoms with E-state index in [2.05, 4.69) is 20.5 Å². The molecule has 1 heterocycles. The molecule has 6 N–H and O–H groups in total. The molecule has 0 radical (unpaired) electrons. The van der Waals surface area contributed by atoms with Crippen molar-refractivity contribution >= 4 is 34.1 Å². The van der Waals surface area contributed by atoms with Crippen molar-refractivity contribution in [2.75, 3.05) is 32.8 Å². The van der Waals surface area contributed by atoms with Crippen LogP contribution in [-0.2, 0) is 29.1 Å². The first-order valence-electron chi connectivity index (χ1n) is 13.2. The number of nitrogens with zero attached hydrogens (tertiary/aromatic N) is 2. The van der Waals surface area contributed by atoms with Crippen molar-refractivity contribution in [1.82, 2.24) is 20.3 Å². The van der Waals surface area contributed by atoms with Crippen LogP contribution in [0.25, 0.3) is 11.1 Å². The van der Waals surface area contributed by atoms with Crippen LogP contribution in [0.3, 0.4) is 0 Å². The second kappa shape index (κ2) is 13.6. The molecule has 1 saturated carbocycles. The fourth-order valence-corrected chi connectivity index (χ4v) is 6.22. The number of benzene rings is 2. The van der Waals surface area contributed by atoms with Crippen molar-refractivity contribution in [2.24, 2.45) is 22.8 Å². The van der Waals surface area contributed by atoms with Gasteiger partial charge in [-0.2, -0.15) is 5.10 Å². The van der Waals surface area contributed by atoms with Crippen LogP contribution in [0.15, 0.2) is 64.6 Å². The fraction of sp³-hybridized carbons (Fsp3) is 0.407. The summed E-state index contributed by atoms with van der Waals surface area (Å²) in [6, 6.07) is 15.3. The van der Waals surface area contributed by atoms with Gasteiger partial charge in [0.05, 0.1) is 23.5 Å². The minimum Gasteiger partial charge on any atom is -0.480 e. The Morgan fingerprint density at radius 1 is 1.07 bits per heavy atom. The Kier molecular flexibility index (Phi) is 9.91. The van der Waals surface area contributed by atoms with Crippen LogP contribution in [0.5, 0.6) is 0 Å². The summed E-state index contributed by atoms with van der Waals surface area (Å²) in [7, 11) is -3.97. The maximum atomic E-state index is 13.2. The first kappa shape index (κ1) is 30.0. The zero-order valence-electron chi connectivity index (χ0n) is 22.3. The van der Waals surface area contributed by atoms with E-state index < -0.39 is 46.3 Å². The number of hydrogen-bond acceptors (Lipinski definition) is 8. The van der Waals surface area contributed by atoms with Crippen molar-refractivity contribution in [1.29, 1.82) is 0 Å². The number of morpholine rings is 1. The van der Waals surface area contributed by atoms with Crippen molar-refractivity contribution in [3.05, 3.63) is 54.6 Å². The van der Waals surface area contributed by atoms with E-state index >= 15 is 0 Å². The Hall–Kier alpha value is -4.01. The number of carbonyl (C=O) groups excluding carboxylic acids is 2. The number of aliphatic carboxylic acids is 1. The monoisotopic (exact) mass is 586 g/mol. The van der Waals surface area contributed by atoms with Gasteiger partial charge >= 0.3 is 5.97 Å². The summed E-state index contributed by atoms with van der Waals surface area (Å²) in [6.07, 6.45) is 1.35. The maximum absolute atomic E-state index is 13.2. The molecule has 0 bridgehead atoms. The molecule has 2 fully saturated rings. The SMILES string of the molecule is NN=CN1CCO[C@H](CNC(=O)[C@H]2C(CCC(=O)NCC(=O)O)[C@@H]2NS(=O)(=O)c2ccc(-c3ccccc3)cc2)C1. The summed E-state index contributed by atoms with van der Waals surface area (Å²) in [4.78, 5) is 37.9. The van der Waals surface area contributed by atoms with Gasteiger partial charge in [0.1, 0.15) is 12.9 Å². The van der Waals surface area contributed by atoms with Crippen LogP contribution in [0.1, 0.15) is 12.8 Å². The zero-order valence-corrected chi connectivity index (χ0v) is 23.1. The number of hydrogen-bond donors (Lipinski definition) is 5. The van der Waals surface area contributed by atoms with E-state index in [1.807, 2.05) is 35.2 Å². The molecule has 4 rings (SSSR count). The maximum Gasteiger partial charge on any atom is 0.322 e. The van der Waals surface area contributed by atoms with Crippen LogP contribution in [0.4, 0.5) is 0 Å². The highest BCUT2D eigenvalue weighted by Crippen LogP contribution is 2.43. The molecule has 1 aliphatic carbocycles. The molecule has 220 valence electrons. The van der Waals surface area contributed by atoms with Crippen molar-refractivity contribution in [3.63, 3.8) is 0 Å². The summed E-state index contributed by atoms with van der Waals surface area (Å²) in [5.41, 5.74) is 1.81. The molecule has 14 heteroatoms. The summed E-state index contributed by atoms with van der Waals surface area (Å²) in [5, 5.41) is 17.4. The lowest BCUT2D eigenvalue weighted by molar-refractivity contribution is -0.137. The largest absolute Gasteiger partial charge is 0.480 e. The molecular formula is C27H34N6O7S. The minimum atomic E-state index is -3.97. The third-order valence-corrected chi connectivity index (χ3v) is 8.56. The topological polar surface area (TPSA) is 193 Å². The molecule has 13 nitrogen and oxygen atoms in total. The normalized spacial score (nSPS) is 22.3. The van der Waals surface area contributed by atoms with Crippen LogP contribution in [-0.4, -0.2) is 87.5 Å². The standard InChI is InChI=1S/C27H34N6O7S/c28-31-17-33-12-13-40-20(16-33)14-30-27(37)25-22(10-11-23(34)29-15-24(35)36)26(25)32-41(38,39)21-8-6-19(7-9-21)18-4-2-1-3-5-18/h1-9,17,20,22,25-26,32H,10-16,28H2,(H,29,34)(H,30,37)(H,35,36)/t20-,22?,25+,26+/m1/s1. The molecular weight excluding hydrogens is 552 g/mol. The molecule has 1 aliphatic heterocycles. The second-order valence-corrected chi connectivity index (χ2v) is 11.6. The number of hydrazone groups is 1. The lowest BCUT2D eigenvalue weighted by atomic mass is 10.1. The lowest BCUT2D eigenvalue weighted by Crippen LogP contribution is -2.47. The molecule has 2 amide bonds. The molecule has 1 unspecified atom stereocenters. The van der Waals surface area contributed by atoms with Crippen LogP contribution in [0.2, 0.25) is 0 Å². The predicted octanol–water partition coefficient (Wildman–Crippen LogP) is -0.0535. The summed E-state index contributed by atoms with van der Waals surface area (Å²) >= 11 is 0.